The molecule has 176 valence electrons. The van der Waals surface area contributed by atoms with E-state index in [9.17, 15) is 35.1 Å². The van der Waals surface area contributed by atoms with Gasteiger partial charge < -0.3 is 39.7 Å². The first-order chi connectivity index (χ1) is 14.9. The van der Waals surface area contributed by atoms with Crippen LogP contribution in [0.5, 0.6) is 0 Å². The molecule has 7 bridgehead atoms. The third-order valence-corrected chi connectivity index (χ3v) is 9.77. The third kappa shape index (κ3) is 1.81. The molecule has 7 aliphatic rings. The van der Waals surface area contributed by atoms with Crippen molar-refractivity contribution >= 4 is 11.8 Å². The number of carbonyl (C=O) groups is 2. The molecule has 7 fully saturated rings. The Balaban J connectivity index is 1.67. The van der Waals surface area contributed by atoms with Gasteiger partial charge in [-0.25, -0.2) is 0 Å². The summed E-state index contributed by atoms with van der Waals surface area (Å²) < 4.78 is 17.5. The van der Waals surface area contributed by atoms with E-state index in [1.807, 2.05) is 0 Å². The summed E-state index contributed by atoms with van der Waals surface area (Å²) in [6, 6.07) is 0. The molecule has 7 rings (SSSR count). The summed E-state index contributed by atoms with van der Waals surface area (Å²) in [6.45, 7) is 6.54. The molecular formula is C22H28O10. The number of aliphatic hydroxyl groups is 5. The minimum absolute atomic E-state index is 0.00735. The Morgan fingerprint density at radius 3 is 2.56 bits per heavy atom. The first-order valence-electron chi connectivity index (χ1n) is 11.0. The van der Waals surface area contributed by atoms with Gasteiger partial charge in [-0.3, -0.25) is 9.59 Å². The average molecular weight is 452 g/mol. The second-order valence-corrected chi connectivity index (χ2v) is 10.8. The van der Waals surface area contributed by atoms with Crippen molar-refractivity contribution in [3.8, 4) is 0 Å². The fourth-order valence-electron chi connectivity index (χ4n) is 8.65. The maximum Gasteiger partial charge on any atom is 0.303 e. The predicted octanol–water partition coefficient (Wildman–Crippen LogP) is -1.78. The molecule has 0 aromatic rings. The number of ether oxygens (including phenoxy) is 3. The minimum atomic E-state index is -2.35. The van der Waals surface area contributed by atoms with Gasteiger partial charge in [0, 0.05) is 24.2 Å². The monoisotopic (exact) mass is 452 g/mol. The molecule has 32 heavy (non-hydrogen) atoms. The van der Waals surface area contributed by atoms with Crippen LogP contribution in [0.25, 0.3) is 0 Å². The zero-order valence-electron chi connectivity index (χ0n) is 17.8. The molecule has 5 N–H and O–H groups in total. The van der Waals surface area contributed by atoms with Crippen LogP contribution < -0.4 is 0 Å². The molecule has 0 aromatic heterocycles. The number of Topliss-reactive ketones (excluding diaryl/α,β-unsaturated/α-hetero) is 1. The highest BCUT2D eigenvalue weighted by Crippen LogP contribution is 2.79. The van der Waals surface area contributed by atoms with Gasteiger partial charge in [0.05, 0.1) is 29.6 Å². The molecule has 3 saturated heterocycles. The van der Waals surface area contributed by atoms with E-state index >= 15 is 0 Å². The van der Waals surface area contributed by atoms with Crippen LogP contribution >= 0.6 is 0 Å². The van der Waals surface area contributed by atoms with E-state index in [1.54, 1.807) is 6.92 Å². The lowest BCUT2D eigenvalue weighted by Crippen LogP contribution is -2.91. The van der Waals surface area contributed by atoms with Crippen molar-refractivity contribution in [2.24, 2.45) is 34.0 Å². The van der Waals surface area contributed by atoms with Crippen molar-refractivity contribution < 1.29 is 49.3 Å². The number of aliphatic hydroxyl groups excluding tert-OH is 4. The van der Waals surface area contributed by atoms with Gasteiger partial charge in [0.25, 0.3) is 0 Å². The third-order valence-electron chi connectivity index (χ3n) is 9.77. The quantitative estimate of drug-likeness (QED) is 0.227. The lowest BCUT2D eigenvalue weighted by molar-refractivity contribution is -0.536. The maximum atomic E-state index is 13.6. The van der Waals surface area contributed by atoms with E-state index in [0.29, 0.717) is 0 Å². The highest BCUT2D eigenvalue weighted by Gasteiger charge is 2.91. The molecule has 0 amide bonds. The number of ketones is 1. The van der Waals surface area contributed by atoms with Crippen molar-refractivity contribution in [1.82, 2.24) is 0 Å². The number of carbonyl (C=O) groups excluding carboxylic acids is 2. The standard InChI is InChI=1S/C22H28O10/c1-7-9-5-20(14(7)26)11(4-10(9)24)21-13-16(28)22(20,29)32-18(21)30-6-19(13,3)15(27)12(25)17(21)31-8(2)23/h9-13,15-18,24-25,27-29H,1,4-6H2,2-3H3. The molecule has 0 aromatic carbocycles. The largest absolute Gasteiger partial charge is 0.459 e. The van der Waals surface area contributed by atoms with Crippen molar-refractivity contribution in [1.29, 1.82) is 0 Å². The topological polar surface area (TPSA) is 163 Å². The van der Waals surface area contributed by atoms with Crippen LogP contribution in [-0.2, 0) is 23.8 Å². The first kappa shape index (κ1) is 21.2. The molecule has 10 heteroatoms. The van der Waals surface area contributed by atoms with Gasteiger partial charge in [0.1, 0.15) is 18.3 Å². The number of rotatable bonds is 1. The number of fused-ring (bicyclic) bond motifs is 1. The van der Waals surface area contributed by atoms with E-state index < -0.39 is 88.3 Å². The molecule has 3 heterocycles. The van der Waals surface area contributed by atoms with Gasteiger partial charge in [-0.15, -0.1) is 0 Å². The smallest absolute Gasteiger partial charge is 0.303 e. The summed E-state index contributed by atoms with van der Waals surface area (Å²) in [5.41, 5.74) is -4.23. The van der Waals surface area contributed by atoms with E-state index in [-0.39, 0.29) is 25.0 Å². The van der Waals surface area contributed by atoms with Gasteiger partial charge in [-0.05, 0) is 24.3 Å². The van der Waals surface area contributed by atoms with E-state index in [2.05, 4.69) is 6.58 Å². The summed E-state index contributed by atoms with van der Waals surface area (Å²) in [6.07, 6.45) is -8.21. The van der Waals surface area contributed by atoms with Gasteiger partial charge in [0.15, 0.2) is 12.1 Å². The summed E-state index contributed by atoms with van der Waals surface area (Å²) in [7, 11) is 0. The van der Waals surface area contributed by atoms with Gasteiger partial charge in [-0.1, -0.05) is 13.5 Å². The van der Waals surface area contributed by atoms with Crippen molar-refractivity contribution in [3.63, 3.8) is 0 Å². The fourth-order valence-corrected chi connectivity index (χ4v) is 8.65. The van der Waals surface area contributed by atoms with E-state index in [0.717, 1.165) is 6.92 Å². The molecule has 13 atom stereocenters. The lowest BCUT2D eigenvalue weighted by atomic mass is 9.34. The van der Waals surface area contributed by atoms with Gasteiger partial charge in [-0.2, -0.15) is 0 Å². The molecule has 13 unspecified atom stereocenters. The van der Waals surface area contributed by atoms with Crippen LogP contribution in [0.15, 0.2) is 12.2 Å². The van der Waals surface area contributed by atoms with E-state index in [4.69, 9.17) is 14.2 Å². The Morgan fingerprint density at radius 1 is 1.22 bits per heavy atom. The minimum Gasteiger partial charge on any atom is -0.459 e. The van der Waals surface area contributed by atoms with Crippen LogP contribution in [0.4, 0.5) is 0 Å². The Bertz CT molecular complexity index is 951. The van der Waals surface area contributed by atoms with Crippen molar-refractivity contribution in [3.05, 3.63) is 12.2 Å². The van der Waals surface area contributed by atoms with Gasteiger partial charge >= 0.3 is 5.97 Å². The molecular weight excluding hydrogens is 424 g/mol. The van der Waals surface area contributed by atoms with Crippen LogP contribution in [-0.4, -0.2) is 86.5 Å². The highest BCUT2D eigenvalue weighted by atomic mass is 16.8. The predicted molar refractivity (Wildman–Crippen MR) is 102 cm³/mol. The normalized spacial score (nSPS) is 62.0. The van der Waals surface area contributed by atoms with Crippen LogP contribution in [0.1, 0.15) is 26.7 Å². The summed E-state index contributed by atoms with van der Waals surface area (Å²) >= 11 is 0. The Hall–Kier alpha value is -1.40. The number of esters is 1. The summed E-state index contributed by atoms with van der Waals surface area (Å²) in [4.78, 5) is 25.7. The summed E-state index contributed by atoms with van der Waals surface area (Å²) in [5.74, 6) is -6.01. The van der Waals surface area contributed by atoms with Gasteiger partial charge in [0.2, 0.25) is 5.79 Å². The molecule has 10 nitrogen and oxygen atoms in total. The van der Waals surface area contributed by atoms with Crippen LogP contribution in [0.3, 0.4) is 0 Å². The van der Waals surface area contributed by atoms with E-state index in [1.165, 1.54) is 0 Å². The van der Waals surface area contributed by atoms with Crippen LogP contribution in [0.2, 0.25) is 0 Å². The Labute approximate surface area is 183 Å². The fraction of sp³-hybridized carbons (Fsp3) is 0.818. The Kier molecular flexibility index (Phi) is 3.84. The molecule has 2 spiro atoms. The highest BCUT2D eigenvalue weighted by molar-refractivity contribution is 6.04. The SMILES string of the molecule is C=C1C(=O)C23CC1C(O)CC2C12C4OCC(C)(C(O)C(O)C1OC(C)=O)C2C(O)C3(O)O4. The zero-order chi connectivity index (χ0) is 23.2. The van der Waals surface area contributed by atoms with Crippen molar-refractivity contribution in [2.75, 3.05) is 6.61 Å². The molecule has 4 aliphatic carbocycles. The van der Waals surface area contributed by atoms with Crippen molar-refractivity contribution in [2.45, 2.75) is 69.3 Å². The second kappa shape index (κ2) is 5.80. The second-order valence-electron chi connectivity index (χ2n) is 10.8. The lowest BCUT2D eigenvalue weighted by Gasteiger charge is -2.78. The van der Waals surface area contributed by atoms with Crippen LogP contribution in [0, 0.1) is 34.0 Å². The summed E-state index contributed by atoms with van der Waals surface area (Å²) in [5, 5.41) is 56.7. The molecule has 3 aliphatic heterocycles. The number of hydrogen-bond acceptors (Lipinski definition) is 10. The molecule has 0 radical (unpaired) electrons. The average Bonchev–Trinajstić information content (AvgIpc) is 2.95. The first-order valence-corrected chi connectivity index (χ1v) is 11.0. The zero-order valence-corrected chi connectivity index (χ0v) is 17.8. The Morgan fingerprint density at radius 2 is 1.91 bits per heavy atom. The molecule has 4 saturated carbocycles. The maximum absolute atomic E-state index is 13.6. The number of hydrogen-bond donors (Lipinski definition) is 5.